The van der Waals surface area contributed by atoms with Crippen LogP contribution in [-0.4, -0.2) is 22.2 Å². The van der Waals surface area contributed by atoms with E-state index in [1.807, 2.05) is 0 Å². The maximum absolute atomic E-state index is 10.9. The molecular formula is C12H8ClN3O5. The van der Waals surface area contributed by atoms with Crippen LogP contribution < -0.4 is 5.43 Å². The molecule has 1 aromatic carbocycles. The number of carboxylic acid groups (broad SMARTS) is 1. The standard InChI is InChI=1S/C12H8ClN3O5/c13-10-3-1-7(5-9(10)12(17)18)15-14-6-8-2-4-11(21-8)16(19)20/h1-6,15H,(H,17,18). The van der Waals surface area contributed by atoms with Crippen LogP contribution in [0.1, 0.15) is 16.1 Å². The van der Waals surface area contributed by atoms with Crippen molar-refractivity contribution in [3.8, 4) is 0 Å². The number of nitrogens with zero attached hydrogens (tertiary/aromatic N) is 2. The average Bonchev–Trinajstić information content (AvgIpc) is 2.89. The number of furan rings is 1. The predicted octanol–water partition coefficient (Wildman–Crippen LogP) is 2.99. The van der Waals surface area contributed by atoms with E-state index in [-0.39, 0.29) is 16.3 Å². The molecule has 0 spiro atoms. The fraction of sp³-hybridized carbons (Fsp3) is 0. The largest absolute Gasteiger partial charge is 0.478 e. The molecule has 0 saturated heterocycles. The fourth-order valence-electron chi connectivity index (χ4n) is 1.44. The van der Waals surface area contributed by atoms with Crippen LogP contribution in [0.5, 0.6) is 0 Å². The molecule has 21 heavy (non-hydrogen) atoms. The zero-order valence-corrected chi connectivity index (χ0v) is 11.1. The summed E-state index contributed by atoms with van der Waals surface area (Å²) in [6.07, 6.45) is 1.22. The van der Waals surface area contributed by atoms with E-state index in [1.165, 1.54) is 36.5 Å². The van der Waals surface area contributed by atoms with Gasteiger partial charge in [0.05, 0.1) is 28.6 Å². The zero-order chi connectivity index (χ0) is 15.4. The molecule has 2 rings (SSSR count). The summed E-state index contributed by atoms with van der Waals surface area (Å²) in [5, 5.41) is 23.2. The van der Waals surface area contributed by atoms with Crippen molar-refractivity contribution in [1.29, 1.82) is 0 Å². The minimum absolute atomic E-state index is 0.0643. The van der Waals surface area contributed by atoms with Crippen molar-refractivity contribution in [2.75, 3.05) is 5.43 Å². The number of nitrogens with one attached hydrogen (secondary N) is 1. The molecular weight excluding hydrogens is 302 g/mol. The summed E-state index contributed by atoms with van der Waals surface area (Å²) >= 11 is 5.73. The van der Waals surface area contributed by atoms with Gasteiger partial charge in [0.2, 0.25) is 0 Å². The number of rotatable bonds is 5. The Kier molecular flexibility index (Phi) is 4.19. The first-order valence-corrected chi connectivity index (χ1v) is 5.91. The third kappa shape index (κ3) is 3.57. The summed E-state index contributed by atoms with van der Waals surface area (Å²) in [6.45, 7) is 0. The highest BCUT2D eigenvalue weighted by Gasteiger charge is 2.11. The first kappa shape index (κ1) is 14.5. The van der Waals surface area contributed by atoms with E-state index in [4.69, 9.17) is 21.1 Å². The number of anilines is 1. The third-order valence-corrected chi connectivity index (χ3v) is 2.70. The van der Waals surface area contributed by atoms with Gasteiger partial charge in [-0.05, 0) is 24.3 Å². The molecule has 0 amide bonds. The lowest BCUT2D eigenvalue weighted by Crippen LogP contribution is -1.99. The molecule has 9 heteroatoms. The highest BCUT2D eigenvalue weighted by atomic mass is 35.5. The van der Waals surface area contributed by atoms with Crippen molar-refractivity contribution in [3.63, 3.8) is 0 Å². The van der Waals surface area contributed by atoms with Gasteiger partial charge in [-0.25, -0.2) is 4.79 Å². The molecule has 1 heterocycles. The number of benzene rings is 1. The van der Waals surface area contributed by atoms with Gasteiger partial charge in [-0.2, -0.15) is 5.10 Å². The second kappa shape index (κ2) is 6.06. The molecule has 0 bridgehead atoms. The number of carboxylic acids is 1. The molecule has 0 aliphatic rings. The molecule has 2 aromatic rings. The normalized spacial score (nSPS) is 10.7. The summed E-state index contributed by atoms with van der Waals surface area (Å²) in [6, 6.07) is 6.85. The van der Waals surface area contributed by atoms with Gasteiger partial charge in [-0.3, -0.25) is 15.5 Å². The van der Waals surface area contributed by atoms with Gasteiger partial charge in [0.15, 0.2) is 5.76 Å². The van der Waals surface area contributed by atoms with Crippen LogP contribution in [0.3, 0.4) is 0 Å². The Bertz CT molecular complexity index is 725. The van der Waals surface area contributed by atoms with Crippen LogP contribution in [0.2, 0.25) is 5.02 Å². The smallest absolute Gasteiger partial charge is 0.433 e. The lowest BCUT2D eigenvalue weighted by atomic mass is 10.2. The fourth-order valence-corrected chi connectivity index (χ4v) is 1.64. The molecule has 0 radical (unpaired) electrons. The van der Waals surface area contributed by atoms with E-state index in [1.54, 1.807) is 0 Å². The van der Waals surface area contributed by atoms with Crippen LogP contribution in [0, 0.1) is 10.1 Å². The van der Waals surface area contributed by atoms with Crippen molar-refractivity contribution < 1.29 is 19.2 Å². The highest BCUT2D eigenvalue weighted by molar-refractivity contribution is 6.33. The molecule has 0 atom stereocenters. The maximum Gasteiger partial charge on any atom is 0.433 e. The molecule has 0 saturated carbocycles. The molecule has 2 N–H and O–H groups in total. The maximum atomic E-state index is 10.9. The van der Waals surface area contributed by atoms with Gasteiger partial charge in [0.1, 0.15) is 4.92 Å². The Labute approximate surface area is 122 Å². The van der Waals surface area contributed by atoms with Gasteiger partial charge in [0, 0.05) is 0 Å². The number of nitro groups is 1. The lowest BCUT2D eigenvalue weighted by molar-refractivity contribution is -0.402. The quantitative estimate of drug-likeness (QED) is 0.498. The van der Waals surface area contributed by atoms with Crippen LogP contribution in [0.4, 0.5) is 11.6 Å². The van der Waals surface area contributed by atoms with E-state index in [0.717, 1.165) is 0 Å². The van der Waals surface area contributed by atoms with E-state index >= 15 is 0 Å². The molecule has 0 unspecified atom stereocenters. The van der Waals surface area contributed by atoms with E-state index in [2.05, 4.69) is 10.5 Å². The average molecular weight is 310 g/mol. The van der Waals surface area contributed by atoms with E-state index < -0.39 is 16.8 Å². The van der Waals surface area contributed by atoms with Crippen molar-refractivity contribution in [2.45, 2.75) is 0 Å². The number of aromatic carboxylic acids is 1. The third-order valence-electron chi connectivity index (χ3n) is 2.37. The van der Waals surface area contributed by atoms with Gasteiger partial charge in [0.25, 0.3) is 0 Å². The second-order valence-electron chi connectivity index (χ2n) is 3.80. The summed E-state index contributed by atoms with van der Waals surface area (Å²) < 4.78 is 4.86. The van der Waals surface area contributed by atoms with Gasteiger partial charge in [-0.15, -0.1) is 0 Å². The molecule has 0 aliphatic carbocycles. The van der Waals surface area contributed by atoms with Gasteiger partial charge < -0.3 is 9.52 Å². The van der Waals surface area contributed by atoms with E-state index in [0.29, 0.717) is 5.69 Å². The molecule has 0 aliphatic heterocycles. The minimum atomic E-state index is -1.16. The van der Waals surface area contributed by atoms with Crippen LogP contribution in [-0.2, 0) is 0 Å². The Hall–Kier alpha value is -2.87. The summed E-state index contributed by atoms with van der Waals surface area (Å²) in [5.74, 6) is -1.37. The van der Waals surface area contributed by atoms with Crippen molar-refractivity contribution in [1.82, 2.24) is 0 Å². The molecule has 0 fully saturated rings. The van der Waals surface area contributed by atoms with Crippen LogP contribution >= 0.6 is 11.6 Å². The Morgan fingerprint density at radius 1 is 1.43 bits per heavy atom. The topological polar surface area (TPSA) is 118 Å². The van der Waals surface area contributed by atoms with Crippen LogP contribution in [0.25, 0.3) is 0 Å². The number of halogens is 1. The summed E-state index contributed by atoms with van der Waals surface area (Å²) in [5.41, 5.74) is 2.90. The molecule has 108 valence electrons. The van der Waals surface area contributed by atoms with Crippen molar-refractivity contribution in [2.24, 2.45) is 5.10 Å². The lowest BCUT2D eigenvalue weighted by Gasteiger charge is -2.03. The summed E-state index contributed by atoms with van der Waals surface area (Å²) in [7, 11) is 0. The van der Waals surface area contributed by atoms with Crippen molar-refractivity contribution in [3.05, 3.63) is 56.8 Å². The first-order chi connectivity index (χ1) is 9.97. The molecule has 1 aromatic heterocycles. The second-order valence-corrected chi connectivity index (χ2v) is 4.21. The Morgan fingerprint density at radius 3 is 2.81 bits per heavy atom. The summed E-state index contributed by atoms with van der Waals surface area (Å²) in [4.78, 5) is 20.7. The molecule has 8 nitrogen and oxygen atoms in total. The Balaban J connectivity index is 2.08. The Morgan fingerprint density at radius 2 is 2.19 bits per heavy atom. The SMILES string of the molecule is O=C(O)c1cc(NN=Cc2ccc([N+](=O)[O-])o2)ccc1Cl. The first-order valence-electron chi connectivity index (χ1n) is 5.53. The van der Waals surface area contributed by atoms with Crippen molar-refractivity contribution >= 4 is 35.4 Å². The highest BCUT2D eigenvalue weighted by Crippen LogP contribution is 2.20. The number of hydrogen-bond donors (Lipinski definition) is 2. The van der Waals surface area contributed by atoms with E-state index in [9.17, 15) is 14.9 Å². The van der Waals surface area contributed by atoms with Crippen LogP contribution in [0.15, 0.2) is 39.9 Å². The number of carbonyl (C=O) groups is 1. The number of hydrogen-bond acceptors (Lipinski definition) is 6. The van der Waals surface area contributed by atoms with Gasteiger partial charge >= 0.3 is 11.9 Å². The van der Waals surface area contributed by atoms with Gasteiger partial charge in [-0.1, -0.05) is 11.6 Å². The minimum Gasteiger partial charge on any atom is -0.478 e. The predicted molar refractivity (Wildman–Crippen MR) is 75.0 cm³/mol. The zero-order valence-electron chi connectivity index (χ0n) is 10.3. The number of hydrazone groups is 1. The monoisotopic (exact) mass is 309 g/mol.